The van der Waals surface area contributed by atoms with Crippen LogP contribution in [0.4, 0.5) is 0 Å². The first-order valence-corrected chi connectivity index (χ1v) is 11.4. The van der Waals surface area contributed by atoms with Crippen LogP contribution in [-0.4, -0.2) is 39.9 Å². The third-order valence-corrected chi connectivity index (χ3v) is 6.15. The maximum absolute atomic E-state index is 13.2. The van der Waals surface area contributed by atoms with Crippen molar-refractivity contribution in [1.82, 2.24) is 9.55 Å². The highest BCUT2D eigenvalue weighted by molar-refractivity contribution is 7.19. The zero-order valence-corrected chi connectivity index (χ0v) is 19.2. The molecule has 2 aromatic carbocycles. The van der Waals surface area contributed by atoms with Crippen LogP contribution in [0.1, 0.15) is 22.2 Å². The molecule has 4 rings (SSSR count). The van der Waals surface area contributed by atoms with Crippen molar-refractivity contribution in [2.45, 2.75) is 26.5 Å². The number of carbonyl (C=O) groups excluding carboxylic acids is 1. The third kappa shape index (κ3) is 4.97. The van der Waals surface area contributed by atoms with Gasteiger partial charge in [0, 0.05) is 10.4 Å². The molecule has 7 nitrogen and oxygen atoms in total. The Morgan fingerprint density at radius 1 is 1.15 bits per heavy atom. The van der Waals surface area contributed by atoms with Gasteiger partial charge in [0.05, 0.1) is 30.4 Å². The largest absolute Gasteiger partial charge is 0.491 e. The normalized spacial score (nSPS) is 12.0. The second kappa shape index (κ2) is 9.97. The molecule has 0 radical (unpaired) electrons. The predicted octanol–water partition coefficient (Wildman–Crippen LogP) is 4.05. The lowest BCUT2D eigenvalue weighted by molar-refractivity contribution is 0.0526. The van der Waals surface area contributed by atoms with Gasteiger partial charge in [-0.05, 0) is 43.7 Å². The molecule has 2 heterocycles. The molecule has 1 N–H and O–H groups in total. The monoisotopic (exact) mass is 464 g/mol. The quantitative estimate of drug-likeness (QED) is 0.396. The summed E-state index contributed by atoms with van der Waals surface area (Å²) in [5, 5.41) is 11.0. The van der Waals surface area contributed by atoms with Crippen LogP contribution in [0.5, 0.6) is 5.75 Å². The van der Waals surface area contributed by atoms with Crippen molar-refractivity contribution >= 4 is 27.5 Å². The minimum atomic E-state index is -0.924. The summed E-state index contributed by atoms with van der Waals surface area (Å²) in [5.41, 5.74) is 2.08. The summed E-state index contributed by atoms with van der Waals surface area (Å²) in [6.07, 6.45) is 0.541. The lowest BCUT2D eigenvalue weighted by atomic mass is 10.0. The van der Waals surface area contributed by atoms with E-state index in [9.17, 15) is 14.7 Å². The van der Waals surface area contributed by atoms with Crippen LogP contribution in [0, 0.1) is 6.92 Å². The number of fused-ring (bicyclic) bond motifs is 1. The van der Waals surface area contributed by atoms with Crippen LogP contribution in [0.2, 0.25) is 0 Å². The molecule has 0 saturated heterocycles. The number of carbonyl (C=O) groups is 1. The molecule has 4 aromatic rings. The Bertz CT molecular complexity index is 1310. The van der Waals surface area contributed by atoms with Gasteiger partial charge in [-0.25, -0.2) is 9.78 Å². The van der Waals surface area contributed by atoms with E-state index in [-0.39, 0.29) is 18.7 Å². The maximum atomic E-state index is 13.2. The summed E-state index contributed by atoms with van der Waals surface area (Å²) in [5.74, 6) is 0.104. The molecule has 0 aliphatic rings. The fourth-order valence-corrected chi connectivity index (χ4v) is 4.60. The second-order valence-corrected chi connectivity index (χ2v) is 8.69. The summed E-state index contributed by atoms with van der Waals surface area (Å²) in [6.45, 7) is 4.07. The molecule has 0 spiro atoms. The number of aryl methyl sites for hydroxylation is 1. The number of aromatic nitrogens is 2. The van der Waals surface area contributed by atoms with E-state index in [2.05, 4.69) is 4.98 Å². The summed E-state index contributed by atoms with van der Waals surface area (Å²) in [6, 6.07) is 16.2. The van der Waals surface area contributed by atoms with Gasteiger partial charge in [-0.1, -0.05) is 30.3 Å². The number of nitrogens with zero attached hydrogens (tertiary/aromatic N) is 2. The molecule has 0 fully saturated rings. The molecule has 170 valence electrons. The van der Waals surface area contributed by atoms with Gasteiger partial charge in [0.15, 0.2) is 0 Å². The van der Waals surface area contributed by atoms with Gasteiger partial charge in [-0.3, -0.25) is 9.36 Å². The number of esters is 1. The SMILES string of the molecule is CCOC(=O)c1ccc(OCC(O)Cn2cnc3sc(C)c(-c4ccccc4)c3c2=O)cc1. The molecule has 0 amide bonds. The first-order valence-electron chi connectivity index (χ1n) is 10.6. The number of rotatable bonds is 8. The van der Waals surface area contributed by atoms with E-state index >= 15 is 0 Å². The Kier molecular flexibility index (Phi) is 6.86. The first-order chi connectivity index (χ1) is 16.0. The Balaban J connectivity index is 1.48. The highest BCUT2D eigenvalue weighted by atomic mass is 32.1. The highest BCUT2D eigenvalue weighted by Gasteiger charge is 2.18. The van der Waals surface area contributed by atoms with Crippen molar-refractivity contribution < 1.29 is 19.4 Å². The van der Waals surface area contributed by atoms with Crippen molar-refractivity contribution in [3.05, 3.63) is 81.7 Å². The molecule has 33 heavy (non-hydrogen) atoms. The van der Waals surface area contributed by atoms with Gasteiger partial charge < -0.3 is 14.6 Å². The molecule has 0 aliphatic carbocycles. The van der Waals surface area contributed by atoms with E-state index in [0.717, 1.165) is 16.0 Å². The maximum Gasteiger partial charge on any atom is 0.338 e. The molecular formula is C25H24N2O5S. The fraction of sp³-hybridized carbons (Fsp3) is 0.240. The van der Waals surface area contributed by atoms with Crippen LogP contribution in [0.25, 0.3) is 21.3 Å². The topological polar surface area (TPSA) is 90.7 Å². The minimum Gasteiger partial charge on any atom is -0.491 e. The lowest BCUT2D eigenvalue weighted by Gasteiger charge is -2.14. The lowest BCUT2D eigenvalue weighted by Crippen LogP contribution is -2.30. The number of aliphatic hydroxyl groups excluding tert-OH is 1. The van der Waals surface area contributed by atoms with Gasteiger partial charge in [-0.15, -0.1) is 11.3 Å². The van der Waals surface area contributed by atoms with E-state index in [1.807, 2.05) is 37.3 Å². The number of thiophene rings is 1. The van der Waals surface area contributed by atoms with E-state index in [1.54, 1.807) is 31.2 Å². The number of hydrogen-bond donors (Lipinski definition) is 1. The standard InChI is InChI=1S/C25H24N2O5S/c1-3-31-25(30)18-9-11-20(12-10-18)32-14-19(28)13-27-15-26-23-22(24(27)29)21(16(2)33-23)17-7-5-4-6-8-17/h4-12,15,19,28H,3,13-14H2,1-2H3. The number of aliphatic hydroxyl groups is 1. The van der Waals surface area contributed by atoms with Crippen molar-refractivity contribution in [2.24, 2.45) is 0 Å². The Morgan fingerprint density at radius 2 is 1.88 bits per heavy atom. The van der Waals surface area contributed by atoms with Crippen molar-refractivity contribution in [3.63, 3.8) is 0 Å². The van der Waals surface area contributed by atoms with Crippen LogP contribution < -0.4 is 10.3 Å². The second-order valence-electron chi connectivity index (χ2n) is 7.49. The molecule has 0 saturated carbocycles. The molecular weight excluding hydrogens is 440 g/mol. The van der Waals surface area contributed by atoms with E-state index in [1.165, 1.54) is 22.2 Å². The Morgan fingerprint density at radius 3 is 2.58 bits per heavy atom. The molecule has 1 unspecified atom stereocenters. The molecule has 8 heteroatoms. The predicted molar refractivity (Wildman–Crippen MR) is 128 cm³/mol. The van der Waals surface area contributed by atoms with Gasteiger partial charge in [0.1, 0.15) is 23.3 Å². The average Bonchev–Trinajstić information content (AvgIpc) is 3.17. The minimum absolute atomic E-state index is 0.0164. The van der Waals surface area contributed by atoms with Crippen LogP contribution in [0.3, 0.4) is 0 Å². The van der Waals surface area contributed by atoms with E-state index in [0.29, 0.717) is 28.1 Å². The summed E-state index contributed by atoms with van der Waals surface area (Å²) in [4.78, 5) is 31.1. The summed E-state index contributed by atoms with van der Waals surface area (Å²) in [7, 11) is 0. The molecule has 2 aromatic heterocycles. The van der Waals surface area contributed by atoms with Crippen molar-refractivity contribution in [1.29, 1.82) is 0 Å². The summed E-state index contributed by atoms with van der Waals surface area (Å²) >= 11 is 1.48. The highest BCUT2D eigenvalue weighted by Crippen LogP contribution is 2.35. The number of hydrogen-bond acceptors (Lipinski definition) is 7. The van der Waals surface area contributed by atoms with Gasteiger partial charge in [-0.2, -0.15) is 0 Å². The molecule has 0 bridgehead atoms. The average molecular weight is 465 g/mol. The zero-order chi connectivity index (χ0) is 23.4. The zero-order valence-electron chi connectivity index (χ0n) is 18.4. The van der Waals surface area contributed by atoms with E-state index in [4.69, 9.17) is 9.47 Å². The fourth-order valence-electron chi connectivity index (χ4n) is 3.59. The third-order valence-electron chi connectivity index (χ3n) is 5.13. The van der Waals surface area contributed by atoms with Crippen molar-refractivity contribution in [2.75, 3.05) is 13.2 Å². The van der Waals surface area contributed by atoms with Crippen LogP contribution in [-0.2, 0) is 11.3 Å². The molecule has 0 aliphatic heterocycles. The smallest absolute Gasteiger partial charge is 0.338 e. The number of benzene rings is 2. The van der Waals surface area contributed by atoms with Crippen LogP contribution >= 0.6 is 11.3 Å². The number of ether oxygens (including phenoxy) is 2. The Hall–Kier alpha value is -3.49. The van der Waals surface area contributed by atoms with Gasteiger partial charge in [0.25, 0.3) is 5.56 Å². The Labute approximate surface area is 194 Å². The van der Waals surface area contributed by atoms with Crippen molar-refractivity contribution in [3.8, 4) is 16.9 Å². The summed E-state index contributed by atoms with van der Waals surface area (Å²) < 4.78 is 12.0. The van der Waals surface area contributed by atoms with Crippen LogP contribution in [0.15, 0.2) is 65.7 Å². The van der Waals surface area contributed by atoms with E-state index < -0.39 is 12.1 Å². The van der Waals surface area contributed by atoms with Gasteiger partial charge >= 0.3 is 5.97 Å². The van der Waals surface area contributed by atoms with Gasteiger partial charge in [0.2, 0.25) is 0 Å². The molecule has 1 atom stereocenters. The first kappa shape index (κ1) is 22.7.